The molecule has 1 atom stereocenters. The van der Waals surface area contributed by atoms with Gasteiger partial charge in [0.25, 0.3) is 5.91 Å². The third-order valence-corrected chi connectivity index (χ3v) is 6.91. The fourth-order valence-corrected chi connectivity index (χ4v) is 4.98. The zero-order valence-corrected chi connectivity index (χ0v) is 20.4. The predicted molar refractivity (Wildman–Crippen MR) is 138 cm³/mol. The van der Waals surface area contributed by atoms with Crippen LogP contribution < -0.4 is 14.5 Å². The standard InChI is InChI=1S/C29H30FN3O3/c1-2-36-26-13-11-25(12-14-26)33-28(34)20-27(29(33)35)32-17-15-31(16-18-32)24-9-5-22(6-10-24)19-21-3-7-23(30)8-4-21/h3-14,27H,2,15-20H2,1H3. The summed E-state index contributed by atoms with van der Waals surface area (Å²) in [6.45, 7) is 5.50. The average molecular weight is 488 g/mol. The van der Waals surface area contributed by atoms with E-state index in [2.05, 4.69) is 34.1 Å². The Hall–Kier alpha value is -3.71. The van der Waals surface area contributed by atoms with Gasteiger partial charge in [0.05, 0.1) is 24.8 Å². The number of anilines is 2. The molecule has 0 aromatic heterocycles. The van der Waals surface area contributed by atoms with Crippen LogP contribution in [0.5, 0.6) is 5.75 Å². The molecule has 0 spiro atoms. The fraction of sp³-hybridized carbons (Fsp3) is 0.310. The summed E-state index contributed by atoms with van der Waals surface area (Å²) in [7, 11) is 0. The van der Waals surface area contributed by atoms with E-state index in [4.69, 9.17) is 4.74 Å². The summed E-state index contributed by atoms with van der Waals surface area (Å²) in [5, 5.41) is 0. The van der Waals surface area contributed by atoms with Gasteiger partial charge >= 0.3 is 0 Å². The number of hydrogen-bond acceptors (Lipinski definition) is 5. The van der Waals surface area contributed by atoms with Gasteiger partial charge in [0.2, 0.25) is 5.91 Å². The summed E-state index contributed by atoms with van der Waals surface area (Å²) < 4.78 is 18.6. The van der Waals surface area contributed by atoms with E-state index in [0.29, 0.717) is 12.3 Å². The summed E-state index contributed by atoms with van der Waals surface area (Å²) >= 11 is 0. The molecule has 2 aliphatic rings. The molecule has 2 fully saturated rings. The Morgan fingerprint density at radius 3 is 2.00 bits per heavy atom. The summed E-state index contributed by atoms with van der Waals surface area (Å²) in [6.07, 6.45) is 0.973. The first kappa shape index (κ1) is 24.0. The van der Waals surface area contributed by atoms with E-state index in [-0.39, 0.29) is 24.1 Å². The number of benzene rings is 3. The fourth-order valence-electron chi connectivity index (χ4n) is 4.98. The number of rotatable bonds is 7. The highest BCUT2D eigenvalue weighted by Gasteiger charge is 2.43. The number of carbonyl (C=O) groups excluding carboxylic acids is 2. The number of carbonyl (C=O) groups is 2. The van der Waals surface area contributed by atoms with Gasteiger partial charge in [-0.3, -0.25) is 14.5 Å². The molecule has 2 aliphatic heterocycles. The SMILES string of the molecule is CCOc1ccc(N2C(=O)CC(N3CCN(c4ccc(Cc5ccc(F)cc5)cc4)CC3)C2=O)cc1. The lowest BCUT2D eigenvalue weighted by molar-refractivity contribution is -0.123. The van der Waals surface area contributed by atoms with Crippen LogP contribution in [0.25, 0.3) is 0 Å². The third kappa shape index (κ3) is 5.11. The first-order valence-electron chi connectivity index (χ1n) is 12.4. The van der Waals surface area contributed by atoms with Gasteiger partial charge in [-0.1, -0.05) is 24.3 Å². The van der Waals surface area contributed by atoms with Crippen LogP contribution in [-0.2, 0) is 16.0 Å². The van der Waals surface area contributed by atoms with Crippen molar-refractivity contribution in [3.8, 4) is 5.75 Å². The Bertz CT molecular complexity index is 1200. The smallest absolute Gasteiger partial charge is 0.251 e. The second-order valence-electron chi connectivity index (χ2n) is 9.21. The number of nitrogens with zero attached hydrogens (tertiary/aromatic N) is 3. The minimum atomic E-state index is -0.413. The van der Waals surface area contributed by atoms with E-state index in [1.165, 1.54) is 22.6 Å². The molecule has 3 aromatic carbocycles. The minimum Gasteiger partial charge on any atom is -0.494 e. The summed E-state index contributed by atoms with van der Waals surface area (Å²) in [6, 6.07) is 21.8. The molecule has 2 saturated heterocycles. The summed E-state index contributed by atoms with van der Waals surface area (Å²) in [5.74, 6) is 0.188. The zero-order valence-electron chi connectivity index (χ0n) is 20.4. The van der Waals surface area contributed by atoms with Gasteiger partial charge in [-0.15, -0.1) is 0 Å². The number of piperazine rings is 1. The molecule has 0 N–H and O–H groups in total. The normalized spacial score (nSPS) is 18.7. The predicted octanol–water partition coefficient (Wildman–Crippen LogP) is 4.27. The second kappa shape index (κ2) is 10.5. The van der Waals surface area contributed by atoms with E-state index in [1.54, 1.807) is 24.3 Å². The van der Waals surface area contributed by atoms with Crippen molar-refractivity contribution in [1.82, 2.24) is 4.90 Å². The molecule has 0 saturated carbocycles. The number of halogens is 1. The molecule has 0 aliphatic carbocycles. The largest absolute Gasteiger partial charge is 0.494 e. The van der Waals surface area contributed by atoms with Crippen LogP contribution in [0.4, 0.5) is 15.8 Å². The molecule has 186 valence electrons. The van der Waals surface area contributed by atoms with Crippen LogP contribution in [0.1, 0.15) is 24.5 Å². The highest BCUT2D eigenvalue weighted by atomic mass is 19.1. The van der Waals surface area contributed by atoms with E-state index >= 15 is 0 Å². The van der Waals surface area contributed by atoms with Crippen molar-refractivity contribution in [1.29, 1.82) is 0 Å². The average Bonchev–Trinajstić information content (AvgIpc) is 3.20. The molecule has 2 heterocycles. The summed E-state index contributed by atoms with van der Waals surface area (Å²) in [5.41, 5.74) is 3.99. The molecule has 0 bridgehead atoms. The first-order valence-corrected chi connectivity index (χ1v) is 12.4. The molecule has 6 nitrogen and oxygen atoms in total. The van der Waals surface area contributed by atoms with E-state index in [0.717, 1.165) is 49.6 Å². The van der Waals surface area contributed by atoms with E-state index in [1.807, 2.05) is 19.1 Å². The molecular weight excluding hydrogens is 457 g/mol. The lowest BCUT2D eigenvalue weighted by Gasteiger charge is -2.38. The quantitative estimate of drug-likeness (QED) is 0.466. The Balaban J connectivity index is 1.17. The van der Waals surface area contributed by atoms with Crippen LogP contribution in [-0.4, -0.2) is 55.5 Å². The van der Waals surface area contributed by atoms with E-state index < -0.39 is 6.04 Å². The van der Waals surface area contributed by atoms with E-state index in [9.17, 15) is 14.0 Å². The van der Waals surface area contributed by atoms with Crippen molar-refractivity contribution >= 4 is 23.2 Å². The van der Waals surface area contributed by atoms with Gasteiger partial charge in [0.1, 0.15) is 11.6 Å². The second-order valence-corrected chi connectivity index (χ2v) is 9.21. The molecular formula is C29H30FN3O3. The Labute approximate surface area is 210 Å². The Morgan fingerprint density at radius 2 is 1.39 bits per heavy atom. The van der Waals surface area contributed by atoms with Gasteiger partial charge in [-0.2, -0.15) is 0 Å². The van der Waals surface area contributed by atoms with Crippen LogP contribution in [0.3, 0.4) is 0 Å². The van der Waals surface area contributed by atoms with Gasteiger partial charge in [0.15, 0.2) is 0 Å². The molecule has 7 heteroatoms. The van der Waals surface area contributed by atoms with Crippen molar-refractivity contribution in [2.75, 3.05) is 42.6 Å². The molecule has 3 aromatic rings. The minimum absolute atomic E-state index is 0.150. The molecule has 5 rings (SSSR count). The van der Waals surface area contributed by atoms with Crippen LogP contribution in [0, 0.1) is 5.82 Å². The van der Waals surface area contributed by atoms with Crippen molar-refractivity contribution in [2.45, 2.75) is 25.8 Å². The third-order valence-electron chi connectivity index (χ3n) is 6.91. The number of hydrogen-bond donors (Lipinski definition) is 0. The number of amides is 2. The lowest BCUT2D eigenvalue weighted by Crippen LogP contribution is -2.52. The number of imide groups is 1. The van der Waals surface area contributed by atoms with Crippen molar-refractivity contribution in [2.24, 2.45) is 0 Å². The maximum absolute atomic E-state index is 13.2. The Morgan fingerprint density at radius 1 is 0.806 bits per heavy atom. The maximum atomic E-state index is 13.2. The first-order chi connectivity index (χ1) is 17.5. The molecule has 2 amide bonds. The van der Waals surface area contributed by atoms with Crippen LogP contribution >= 0.6 is 0 Å². The zero-order chi connectivity index (χ0) is 25.1. The summed E-state index contributed by atoms with van der Waals surface area (Å²) in [4.78, 5) is 31.7. The van der Waals surface area contributed by atoms with Crippen molar-refractivity contribution < 1.29 is 18.7 Å². The maximum Gasteiger partial charge on any atom is 0.251 e. The van der Waals surface area contributed by atoms with Crippen LogP contribution in [0.15, 0.2) is 72.8 Å². The van der Waals surface area contributed by atoms with Crippen LogP contribution in [0.2, 0.25) is 0 Å². The monoisotopic (exact) mass is 487 g/mol. The number of ether oxygens (including phenoxy) is 1. The highest BCUT2D eigenvalue weighted by Crippen LogP contribution is 2.28. The molecule has 0 radical (unpaired) electrons. The Kier molecular flexibility index (Phi) is 7.00. The van der Waals surface area contributed by atoms with Crippen molar-refractivity contribution in [3.05, 3.63) is 89.7 Å². The highest BCUT2D eigenvalue weighted by molar-refractivity contribution is 6.22. The van der Waals surface area contributed by atoms with Gasteiger partial charge in [-0.25, -0.2) is 9.29 Å². The molecule has 36 heavy (non-hydrogen) atoms. The van der Waals surface area contributed by atoms with Crippen molar-refractivity contribution in [3.63, 3.8) is 0 Å². The van der Waals surface area contributed by atoms with Gasteiger partial charge in [-0.05, 0) is 73.0 Å². The van der Waals surface area contributed by atoms with Gasteiger partial charge < -0.3 is 9.64 Å². The van der Waals surface area contributed by atoms with Gasteiger partial charge in [0, 0.05) is 31.9 Å². The topological polar surface area (TPSA) is 53.1 Å². The lowest BCUT2D eigenvalue weighted by atomic mass is 10.0. The molecule has 1 unspecified atom stereocenters.